The Labute approximate surface area is 308 Å². The molecule has 0 saturated heterocycles. The van der Waals surface area contributed by atoms with Crippen molar-refractivity contribution < 1.29 is 72.6 Å². The number of Topliss-reactive ketones (excluding diaryl/α,β-unsaturated/α-hetero) is 1. The number of carbonyl (C=O) groups is 8. The fourth-order valence-electron chi connectivity index (χ4n) is 3.34. The molecule has 1 aromatic heterocycles. The minimum absolute atomic E-state index is 0.113. The van der Waals surface area contributed by atoms with Gasteiger partial charge in [0.2, 0.25) is 5.78 Å². The summed E-state index contributed by atoms with van der Waals surface area (Å²) in [7, 11) is 2.37. The van der Waals surface area contributed by atoms with Crippen LogP contribution in [0, 0.1) is 0 Å². The predicted octanol–water partition coefficient (Wildman–Crippen LogP) is -0.0535. The average Bonchev–Trinajstić information content (AvgIpc) is 3.68. The topological polar surface area (TPSA) is 341 Å². The number of aliphatic carboxylic acids is 3. The lowest BCUT2D eigenvalue weighted by atomic mass is 10.2. The molecule has 0 saturated carbocycles. The van der Waals surface area contributed by atoms with E-state index in [0.717, 1.165) is 7.11 Å². The van der Waals surface area contributed by atoms with E-state index in [4.69, 9.17) is 42.0 Å². The molecule has 0 aliphatic heterocycles. The maximum absolute atomic E-state index is 11.6. The zero-order chi connectivity index (χ0) is 41.1. The van der Waals surface area contributed by atoms with Crippen LogP contribution in [0.2, 0.25) is 0 Å². The number of imidazole rings is 1. The Morgan fingerprint density at radius 3 is 1.52 bits per heavy atom. The van der Waals surface area contributed by atoms with Crippen LogP contribution in [-0.2, 0) is 54.1 Å². The van der Waals surface area contributed by atoms with Gasteiger partial charge in [-0.2, -0.15) is 0 Å². The number of hydrogen-bond donors (Lipinski definition) is 7. The molecule has 1 heterocycles. The highest BCUT2D eigenvalue weighted by Gasteiger charge is 2.17. The number of carboxylic acids is 3. The lowest BCUT2D eigenvalue weighted by Crippen LogP contribution is -2.33. The van der Waals surface area contributed by atoms with Gasteiger partial charge in [-0.1, -0.05) is 36.4 Å². The van der Waals surface area contributed by atoms with Gasteiger partial charge in [-0.05, 0) is 30.7 Å². The van der Waals surface area contributed by atoms with Gasteiger partial charge in [0, 0.05) is 19.0 Å². The van der Waals surface area contributed by atoms with Crippen LogP contribution < -0.4 is 17.2 Å². The molecule has 20 nitrogen and oxygen atoms in total. The van der Waals surface area contributed by atoms with Gasteiger partial charge in [-0.3, -0.25) is 28.8 Å². The number of carboxylic acid groups (broad SMARTS) is 3. The van der Waals surface area contributed by atoms with Crippen LogP contribution in [0.4, 0.5) is 0 Å². The number of aromatic amines is 1. The molecule has 0 bridgehead atoms. The second-order valence-corrected chi connectivity index (χ2v) is 10.4. The summed E-state index contributed by atoms with van der Waals surface area (Å²) in [6.45, 7) is -0.869. The number of carbonyl (C=O) groups excluding carboxylic acids is 5. The molecule has 0 unspecified atom stereocenters. The van der Waals surface area contributed by atoms with Gasteiger partial charge >= 0.3 is 41.8 Å². The minimum Gasteiger partial charge on any atom is -0.481 e. The first-order valence-electron chi connectivity index (χ1n) is 15.5. The molecule has 0 aliphatic rings. The Hall–Kier alpha value is -6.51. The number of esters is 4. The lowest BCUT2D eigenvalue weighted by molar-refractivity contribution is -0.147. The lowest BCUT2D eigenvalue weighted by Gasteiger charge is -2.05. The van der Waals surface area contributed by atoms with E-state index in [9.17, 15) is 38.4 Å². The molecule has 0 spiro atoms. The van der Waals surface area contributed by atoms with Crippen molar-refractivity contribution >= 4 is 47.6 Å². The van der Waals surface area contributed by atoms with E-state index in [1.807, 2.05) is 0 Å². The largest absolute Gasteiger partial charge is 0.481 e. The summed E-state index contributed by atoms with van der Waals surface area (Å²) >= 11 is 0. The number of aromatic nitrogens is 2. The van der Waals surface area contributed by atoms with Crippen molar-refractivity contribution in [3.05, 3.63) is 90.0 Å². The fourth-order valence-corrected chi connectivity index (χ4v) is 3.34. The number of nitrogens with one attached hydrogen (secondary N) is 1. The monoisotopic (exact) mass is 761 g/mol. The van der Waals surface area contributed by atoms with E-state index in [1.54, 1.807) is 66.9 Å². The van der Waals surface area contributed by atoms with Crippen molar-refractivity contribution in [1.82, 2.24) is 9.97 Å². The molecule has 0 fully saturated rings. The van der Waals surface area contributed by atoms with Gasteiger partial charge in [0.25, 0.3) is 0 Å². The number of rotatable bonds is 16. The molecule has 2 aromatic carbocycles. The molecule has 20 heteroatoms. The van der Waals surface area contributed by atoms with Crippen LogP contribution in [-0.4, -0.2) is 118 Å². The van der Waals surface area contributed by atoms with Gasteiger partial charge in [-0.25, -0.2) is 14.6 Å². The third-order valence-electron chi connectivity index (χ3n) is 6.12. The standard InChI is InChI=1S/C17H14O5.C6H9N3O2.C6H11NO4.C5H9NO4/c18-15(11-21-16(19)13-7-3-1-4-8-13)12-22-17(20)14-9-5-2-6-10-14;7-5(6(10)11)1-4-2-8-3-9-4;1-11-6(10)4(7)2-3-5(8)9;1-10-5(9)3(6)2-4(7)8/h1-10H,11-12H2;2-3,5H,1,7H2,(H,8,9)(H,10,11);4H,2-3,7H2,1H3,(H,8,9);3H,2,6H2,1H3,(H,7,8)/t;5-;4-;3-/m.000/s1. The van der Waals surface area contributed by atoms with Crippen molar-refractivity contribution in [2.75, 3.05) is 27.4 Å². The molecule has 3 aromatic rings. The zero-order valence-corrected chi connectivity index (χ0v) is 29.3. The number of nitrogens with zero attached hydrogens (tertiary/aromatic N) is 1. The number of benzene rings is 2. The predicted molar refractivity (Wildman–Crippen MR) is 185 cm³/mol. The van der Waals surface area contributed by atoms with Crippen LogP contribution in [0.25, 0.3) is 0 Å². The van der Waals surface area contributed by atoms with E-state index in [-0.39, 0.29) is 19.3 Å². The van der Waals surface area contributed by atoms with Gasteiger partial charge < -0.3 is 56.5 Å². The highest BCUT2D eigenvalue weighted by atomic mass is 16.6. The van der Waals surface area contributed by atoms with E-state index in [0.29, 0.717) is 16.8 Å². The third kappa shape index (κ3) is 22.3. The van der Waals surface area contributed by atoms with Gasteiger partial charge in [0.15, 0.2) is 13.2 Å². The highest BCUT2D eigenvalue weighted by molar-refractivity contribution is 5.94. The Bertz CT molecular complexity index is 1560. The molecular formula is C34H43N5O15. The molecule has 54 heavy (non-hydrogen) atoms. The Kier molecular flexibility index (Phi) is 23.9. The summed E-state index contributed by atoms with van der Waals surface area (Å²) < 4.78 is 18.2. The first-order chi connectivity index (χ1) is 25.5. The van der Waals surface area contributed by atoms with E-state index >= 15 is 0 Å². The van der Waals surface area contributed by atoms with Crippen LogP contribution in [0.1, 0.15) is 45.7 Å². The van der Waals surface area contributed by atoms with Gasteiger partial charge in [0.1, 0.15) is 18.1 Å². The number of ether oxygens (including phenoxy) is 4. The van der Waals surface area contributed by atoms with Gasteiger partial charge in [-0.15, -0.1) is 0 Å². The van der Waals surface area contributed by atoms with Crippen molar-refractivity contribution in [2.24, 2.45) is 17.2 Å². The van der Waals surface area contributed by atoms with Crippen molar-refractivity contribution in [3.63, 3.8) is 0 Å². The summed E-state index contributed by atoms with van der Waals surface area (Å²) in [5.41, 5.74) is 16.9. The highest BCUT2D eigenvalue weighted by Crippen LogP contribution is 2.03. The van der Waals surface area contributed by atoms with Gasteiger partial charge in [0.05, 0.1) is 43.8 Å². The Morgan fingerprint density at radius 1 is 0.685 bits per heavy atom. The fraction of sp³-hybridized carbons (Fsp3) is 0.324. The number of ketones is 1. The quantitative estimate of drug-likeness (QED) is 0.0742. The first kappa shape index (κ1) is 47.5. The molecule has 0 radical (unpaired) electrons. The Balaban J connectivity index is 0.000000748. The number of nitrogens with two attached hydrogens (primary N) is 3. The number of hydrogen-bond acceptors (Lipinski definition) is 16. The second kappa shape index (κ2) is 27.2. The van der Waals surface area contributed by atoms with Crippen molar-refractivity contribution in [3.8, 4) is 0 Å². The molecule has 0 aliphatic carbocycles. The summed E-state index contributed by atoms with van der Waals surface area (Å²) in [4.78, 5) is 92.6. The molecule has 0 amide bonds. The average molecular weight is 762 g/mol. The number of H-pyrrole nitrogens is 1. The molecule has 3 atom stereocenters. The van der Waals surface area contributed by atoms with Crippen LogP contribution >= 0.6 is 0 Å². The van der Waals surface area contributed by atoms with Crippen molar-refractivity contribution in [2.45, 2.75) is 43.8 Å². The normalized spacial score (nSPS) is 11.4. The SMILES string of the molecule is COC(=O)[C@@H](N)CC(=O)O.COC(=O)[C@@H](N)CCC(=O)O.N[C@@H](Cc1c[nH]cn1)C(=O)O.O=C(COC(=O)c1ccccc1)COC(=O)c1ccccc1. The maximum Gasteiger partial charge on any atom is 0.338 e. The molecular weight excluding hydrogens is 718 g/mol. The summed E-state index contributed by atoms with van der Waals surface area (Å²) in [5.74, 6) is -6.05. The minimum atomic E-state index is -1.11. The van der Waals surface area contributed by atoms with Crippen LogP contribution in [0.3, 0.4) is 0 Å². The maximum atomic E-state index is 11.6. The zero-order valence-electron chi connectivity index (χ0n) is 29.3. The molecule has 3 rings (SSSR count). The smallest absolute Gasteiger partial charge is 0.338 e. The first-order valence-corrected chi connectivity index (χ1v) is 15.5. The summed E-state index contributed by atoms with van der Waals surface area (Å²) in [6.07, 6.45) is 2.98. The summed E-state index contributed by atoms with van der Waals surface area (Å²) in [6, 6.07) is 13.9. The van der Waals surface area contributed by atoms with E-state index < -0.39 is 85.3 Å². The second-order valence-electron chi connectivity index (χ2n) is 10.4. The molecule has 10 N–H and O–H groups in total. The molecule has 294 valence electrons. The van der Waals surface area contributed by atoms with Crippen molar-refractivity contribution in [1.29, 1.82) is 0 Å². The Morgan fingerprint density at radius 2 is 1.15 bits per heavy atom. The van der Waals surface area contributed by atoms with Crippen LogP contribution in [0.5, 0.6) is 0 Å². The summed E-state index contributed by atoms with van der Waals surface area (Å²) in [5, 5.41) is 24.8. The van der Waals surface area contributed by atoms with E-state index in [2.05, 4.69) is 19.4 Å². The third-order valence-corrected chi connectivity index (χ3v) is 6.12. The number of methoxy groups -OCH3 is 2. The van der Waals surface area contributed by atoms with E-state index in [1.165, 1.54) is 13.4 Å². The van der Waals surface area contributed by atoms with Crippen LogP contribution in [0.15, 0.2) is 73.2 Å².